The van der Waals surface area contributed by atoms with Gasteiger partial charge in [0.25, 0.3) is 0 Å². The number of fused-ring (bicyclic) bond motifs is 4. The lowest BCUT2D eigenvalue weighted by Gasteiger charge is -2.30. The molecule has 0 heterocycles. The van der Waals surface area contributed by atoms with E-state index in [2.05, 4.69) is 59.7 Å². The van der Waals surface area contributed by atoms with Crippen LogP contribution in [0.3, 0.4) is 0 Å². The Labute approximate surface area is 271 Å². The van der Waals surface area contributed by atoms with E-state index in [1.54, 1.807) is 31.4 Å². The van der Waals surface area contributed by atoms with Gasteiger partial charge in [-0.3, -0.25) is 4.79 Å². The second-order valence-electron chi connectivity index (χ2n) is 14.5. The SMILES string of the molecule is COc1ccc2c(c1)C1(CC2(C)C)CC(C)(C)c2ccc(OC(=O)Oc3ccc(C(C)(C)c4ccc(OC(C)=O)cc4)cc3)cc21. The number of hydrogen-bond donors (Lipinski definition) is 0. The molecule has 6 rings (SSSR count). The minimum Gasteiger partial charge on any atom is -0.497 e. The van der Waals surface area contributed by atoms with Crippen molar-refractivity contribution in [2.24, 2.45) is 0 Å². The monoisotopic (exact) mass is 618 g/mol. The Morgan fingerprint density at radius 1 is 0.587 bits per heavy atom. The first-order valence-corrected chi connectivity index (χ1v) is 15.8. The van der Waals surface area contributed by atoms with Crippen LogP contribution >= 0.6 is 0 Å². The van der Waals surface area contributed by atoms with Crippen LogP contribution in [0.1, 0.15) is 94.7 Å². The average molecular weight is 619 g/mol. The lowest BCUT2D eigenvalue weighted by molar-refractivity contribution is -0.131. The third-order valence-corrected chi connectivity index (χ3v) is 10.0. The Kier molecular flexibility index (Phi) is 7.54. The predicted octanol–water partition coefficient (Wildman–Crippen LogP) is 9.17. The van der Waals surface area contributed by atoms with E-state index in [-0.39, 0.29) is 27.6 Å². The second kappa shape index (κ2) is 11.0. The van der Waals surface area contributed by atoms with Crippen LogP contribution in [0.15, 0.2) is 84.9 Å². The Balaban J connectivity index is 1.21. The largest absolute Gasteiger partial charge is 0.519 e. The molecule has 0 aromatic heterocycles. The number of benzene rings is 4. The van der Waals surface area contributed by atoms with E-state index in [9.17, 15) is 9.59 Å². The molecule has 6 heteroatoms. The molecular formula is C40H42O6. The molecule has 1 atom stereocenters. The number of methoxy groups -OCH3 is 1. The van der Waals surface area contributed by atoms with Gasteiger partial charge in [-0.15, -0.1) is 0 Å². The van der Waals surface area contributed by atoms with Crippen LogP contribution in [-0.4, -0.2) is 19.2 Å². The summed E-state index contributed by atoms with van der Waals surface area (Å²) in [5.41, 5.74) is 6.61. The van der Waals surface area contributed by atoms with Gasteiger partial charge in [0.05, 0.1) is 7.11 Å². The molecule has 4 aromatic rings. The molecule has 2 aliphatic carbocycles. The van der Waals surface area contributed by atoms with Crippen molar-refractivity contribution >= 4 is 12.1 Å². The highest BCUT2D eigenvalue weighted by molar-refractivity contribution is 5.70. The lowest BCUT2D eigenvalue weighted by Crippen LogP contribution is -2.27. The van der Waals surface area contributed by atoms with Gasteiger partial charge in [0.1, 0.15) is 23.0 Å². The van der Waals surface area contributed by atoms with E-state index in [4.69, 9.17) is 18.9 Å². The second-order valence-corrected chi connectivity index (χ2v) is 14.5. The van der Waals surface area contributed by atoms with E-state index in [0.29, 0.717) is 17.2 Å². The topological polar surface area (TPSA) is 71.1 Å². The molecule has 2 aliphatic rings. The predicted molar refractivity (Wildman–Crippen MR) is 178 cm³/mol. The van der Waals surface area contributed by atoms with Gasteiger partial charge in [-0.1, -0.05) is 77.9 Å². The minimum absolute atomic E-state index is 0.0107. The van der Waals surface area contributed by atoms with Crippen LogP contribution in [0.5, 0.6) is 23.0 Å². The first-order valence-electron chi connectivity index (χ1n) is 15.8. The number of ether oxygens (including phenoxy) is 4. The molecule has 46 heavy (non-hydrogen) atoms. The van der Waals surface area contributed by atoms with Crippen LogP contribution in [0.25, 0.3) is 0 Å². The molecule has 238 valence electrons. The average Bonchev–Trinajstić information content (AvgIpc) is 3.36. The number of carbonyl (C=O) groups is 2. The molecule has 0 saturated carbocycles. The maximum atomic E-state index is 13.0. The highest BCUT2D eigenvalue weighted by atomic mass is 16.7. The van der Waals surface area contributed by atoms with Crippen LogP contribution < -0.4 is 18.9 Å². The number of carbonyl (C=O) groups excluding carboxylic acids is 2. The van der Waals surface area contributed by atoms with E-state index < -0.39 is 6.16 Å². The van der Waals surface area contributed by atoms with Crippen molar-refractivity contribution in [1.29, 1.82) is 0 Å². The smallest absolute Gasteiger partial charge is 0.497 e. The van der Waals surface area contributed by atoms with Crippen molar-refractivity contribution in [2.45, 2.75) is 83.0 Å². The standard InChI is InChI=1S/C40H42O6/c1-25(41)44-28-13-9-26(10-14-28)39(6,7)27-11-15-29(16-12-27)45-36(42)46-31-18-20-33-35(22-31)40(24-38(33,4)5)23-37(2,3)32-19-17-30(43-8)21-34(32)40/h9-22H,23-24H2,1-8H3. The maximum absolute atomic E-state index is 13.0. The van der Waals surface area contributed by atoms with Gasteiger partial charge in [-0.2, -0.15) is 0 Å². The first-order chi connectivity index (χ1) is 21.6. The van der Waals surface area contributed by atoms with Crippen molar-refractivity contribution in [2.75, 3.05) is 7.11 Å². The fourth-order valence-corrected chi connectivity index (χ4v) is 7.92. The number of hydrogen-bond acceptors (Lipinski definition) is 6. The van der Waals surface area contributed by atoms with Gasteiger partial charge < -0.3 is 18.9 Å². The summed E-state index contributed by atoms with van der Waals surface area (Å²) in [6.45, 7) is 14.8. The Bertz CT molecular complexity index is 1810. The molecule has 4 aromatic carbocycles. The maximum Gasteiger partial charge on any atom is 0.519 e. The summed E-state index contributed by atoms with van der Waals surface area (Å²) in [5, 5.41) is 0. The summed E-state index contributed by atoms with van der Waals surface area (Å²) in [4.78, 5) is 24.3. The zero-order valence-electron chi connectivity index (χ0n) is 27.9. The van der Waals surface area contributed by atoms with E-state index in [1.165, 1.54) is 29.2 Å². The van der Waals surface area contributed by atoms with Crippen molar-refractivity contribution in [1.82, 2.24) is 0 Å². The molecule has 0 fully saturated rings. The van der Waals surface area contributed by atoms with Gasteiger partial charge in [-0.05, 0) is 106 Å². The Morgan fingerprint density at radius 3 is 1.48 bits per heavy atom. The van der Waals surface area contributed by atoms with E-state index in [0.717, 1.165) is 29.7 Å². The fraction of sp³-hybridized carbons (Fsp3) is 0.350. The molecule has 0 aliphatic heterocycles. The molecule has 6 nitrogen and oxygen atoms in total. The molecule has 0 N–H and O–H groups in total. The number of rotatable bonds is 6. The molecule has 1 unspecified atom stereocenters. The molecular weight excluding hydrogens is 576 g/mol. The van der Waals surface area contributed by atoms with Gasteiger partial charge in [0, 0.05) is 17.8 Å². The van der Waals surface area contributed by atoms with E-state index in [1.807, 2.05) is 42.5 Å². The van der Waals surface area contributed by atoms with Gasteiger partial charge in [-0.25, -0.2) is 4.79 Å². The quantitative estimate of drug-likeness (QED) is 0.122. The first kappa shape index (κ1) is 31.4. The van der Waals surface area contributed by atoms with Gasteiger partial charge in [0.15, 0.2) is 0 Å². The van der Waals surface area contributed by atoms with Crippen molar-refractivity contribution in [3.05, 3.63) is 118 Å². The summed E-state index contributed by atoms with van der Waals surface area (Å²) in [6.07, 6.45) is 1.14. The molecule has 0 saturated heterocycles. The van der Waals surface area contributed by atoms with Crippen LogP contribution in [0.4, 0.5) is 4.79 Å². The van der Waals surface area contributed by atoms with E-state index >= 15 is 0 Å². The normalized spacial score (nSPS) is 18.9. The minimum atomic E-state index is -0.784. The summed E-state index contributed by atoms with van der Waals surface area (Å²) >= 11 is 0. The molecule has 0 bridgehead atoms. The molecule has 0 radical (unpaired) electrons. The highest BCUT2D eigenvalue weighted by Crippen LogP contribution is 2.63. The van der Waals surface area contributed by atoms with Crippen LogP contribution in [0.2, 0.25) is 0 Å². The Morgan fingerprint density at radius 2 is 1.00 bits per heavy atom. The molecule has 0 amide bonds. The third-order valence-electron chi connectivity index (χ3n) is 10.0. The van der Waals surface area contributed by atoms with Crippen molar-refractivity contribution < 1.29 is 28.5 Å². The number of esters is 1. The van der Waals surface area contributed by atoms with Crippen LogP contribution in [-0.2, 0) is 26.5 Å². The third kappa shape index (κ3) is 5.44. The summed E-state index contributed by atoms with van der Waals surface area (Å²) in [7, 11) is 1.71. The molecule has 1 spiro atoms. The van der Waals surface area contributed by atoms with Gasteiger partial charge in [0.2, 0.25) is 0 Å². The summed E-state index contributed by atoms with van der Waals surface area (Å²) in [6, 6.07) is 27.4. The van der Waals surface area contributed by atoms with Crippen LogP contribution in [0, 0.1) is 0 Å². The summed E-state index contributed by atoms with van der Waals surface area (Å²) in [5.74, 6) is 1.87. The summed E-state index contributed by atoms with van der Waals surface area (Å²) < 4.78 is 22.2. The highest BCUT2D eigenvalue weighted by Gasteiger charge is 2.56. The lowest BCUT2D eigenvalue weighted by atomic mass is 9.72. The zero-order valence-corrected chi connectivity index (χ0v) is 27.9. The van der Waals surface area contributed by atoms with Gasteiger partial charge >= 0.3 is 12.1 Å². The van der Waals surface area contributed by atoms with Crippen molar-refractivity contribution in [3.63, 3.8) is 0 Å². The fourth-order valence-electron chi connectivity index (χ4n) is 7.92. The van der Waals surface area contributed by atoms with Crippen molar-refractivity contribution in [3.8, 4) is 23.0 Å². The zero-order chi connectivity index (χ0) is 33.1. The Hall–Kier alpha value is -4.58.